The Morgan fingerprint density at radius 1 is 0.500 bits per heavy atom. The Hall–Kier alpha value is -3.26. The lowest BCUT2D eigenvalue weighted by Gasteiger charge is -2.09. The van der Waals surface area contributed by atoms with Crippen LogP contribution in [-0.2, 0) is 0 Å². The van der Waals surface area contributed by atoms with E-state index in [2.05, 4.69) is 84.5 Å². The second-order valence-electron chi connectivity index (χ2n) is 7.28. The molecule has 0 aliphatic carbocycles. The van der Waals surface area contributed by atoms with E-state index in [0.717, 1.165) is 0 Å². The number of para-hydroxylation sites is 2. The van der Waals surface area contributed by atoms with Crippen LogP contribution < -0.4 is 0 Å². The Bertz CT molecular complexity index is 1380. The van der Waals surface area contributed by atoms with Crippen LogP contribution in [0.25, 0.3) is 54.4 Å². The molecule has 0 spiro atoms. The van der Waals surface area contributed by atoms with Gasteiger partial charge in [0.2, 0.25) is 0 Å². The molecular formula is C24H18N2. The fourth-order valence-corrected chi connectivity index (χ4v) is 4.55. The maximum absolute atomic E-state index is 3.63. The quantitative estimate of drug-likeness (QED) is 0.309. The Morgan fingerprint density at radius 2 is 0.923 bits per heavy atom. The lowest BCUT2D eigenvalue weighted by molar-refractivity contribution is 1.46. The first-order chi connectivity index (χ1) is 12.7. The molecule has 2 aromatic heterocycles. The fraction of sp³-hybridized carbons (Fsp3) is 0.0833. The van der Waals surface area contributed by atoms with E-state index in [1.165, 1.54) is 65.5 Å². The zero-order valence-electron chi connectivity index (χ0n) is 14.8. The summed E-state index contributed by atoms with van der Waals surface area (Å²) in [4.78, 5) is 7.26. The van der Waals surface area contributed by atoms with Crippen LogP contribution in [0, 0.1) is 13.8 Å². The van der Waals surface area contributed by atoms with Crippen LogP contribution in [0.1, 0.15) is 11.1 Å². The van der Waals surface area contributed by atoms with Crippen molar-refractivity contribution in [3.05, 3.63) is 71.8 Å². The van der Waals surface area contributed by atoms with E-state index in [-0.39, 0.29) is 0 Å². The highest BCUT2D eigenvalue weighted by molar-refractivity contribution is 6.19. The zero-order valence-corrected chi connectivity index (χ0v) is 14.8. The molecule has 2 heteroatoms. The summed E-state index contributed by atoms with van der Waals surface area (Å²) in [7, 11) is 0. The maximum Gasteiger partial charge on any atom is 0.0501 e. The molecule has 124 valence electrons. The number of aryl methyl sites for hydroxylation is 2. The number of aromatic nitrogens is 2. The number of H-pyrrole nitrogens is 2. The van der Waals surface area contributed by atoms with Crippen LogP contribution >= 0.6 is 0 Å². The summed E-state index contributed by atoms with van der Waals surface area (Å²) in [6.07, 6.45) is 0. The largest absolute Gasteiger partial charge is 0.354 e. The van der Waals surface area contributed by atoms with Gasteiger partial charge in [-0.25, -0.2) is 0 Å². The van der Waals surface area contributed by atoms with Crippen LogP contribution in [0.15, 0.2) is 60.7 Å². The highest BCUT2D eigenvalue weighted by Crippen LogP contribution is 2.38. The molecule has 4 aromatic carbocycles. The van der Waals surface area contributed by atoms with Crippen molar-refractivity contribution in [2.45, 2.75) is 13.8 Å². The van der Waals surface area contributed by atoms with Gasteiger partial charge in [0.15, 0.2) is 0 Å². The van der Waals surface area contributed by atoms with Gasteiger partial charge < -0.3 is 9.97 Å². The molecule has 0 aliphatic heterocycles. The van der Waals surface area contributed by atoms with Gasteiger partial charge in [0.25, 0.3) is 0 Å². The number of hydrogen-bond acceptors (Lipinski definition) is 0. The van der Waals surface area contributed by atoms with E-state index < -0.39 is 0 Å². The van der Waals surface area contributed by atoms with Crippen LogP contribution in [0.5, 0.6) is 0 Å². The normalized spacial score (nSPS) is 12.2. The number of nitrogens with one attached hydrogen (secondary N) is 2. The van der Waals surface area contributed by atoms with Crippen molar-refractivity contribution in [3.63, 3.8) is 0 Å². The average molecular weight is 334 g/mol. The van der Waals surface area contributed by atoms with E-state index in [4.69, 9.17) is 0 Å². The summed E-state index contributed by atoms with van der Waals surface area (Å²) in [5, 5.41) is 7.87. The molecule has 0 aliphatic rings. The monoisotopic (exact) mass is 334 g/mol. The standard InChI is InChI=1S/C24H18N2/c1-13-17-11-20-16-8-4-6-10-22(16)26-24(20)14(2)18(17)12-19-15-7-3-5-9-21(15)25-23(13)19/h3-12,25-26H,1-2H3. The van der Waals surface area contributed by atoms with Gasteiger partial charge in [0, 0.05) is 32.6 Å². The van der Waals surface area contributed by atoms with Crippen LogP contribution in [0.3, 0.4) is 0 Å². The Morgan fingerprint density at radius 3 is 1.38 bits per heavy atom. The van der Waals surface area contributed by atoms with Gasteiger partial charge in [-0.3, -0.25) is 0 Å². The van der Waals surface area contributed by atoms with Crippen LogP contribution in [0.2, 0.25) is 0 Å². The van der Waals surface area contributed by atoms with Gasteiger partial charge in [-0.05, 0) is 60.0 Å². The van der Waals surface area contributed by atoms with E-state index in [0.29, 0.717) is 0 Å². The van der Waals surface area contributed by atoms with Crippen molar-refractivity contribution in [2.75, 3.05) is 0 Å². The van der Waals surface area contributed by atoms with E-state index in [1.54, 1.807) is 0 Å². The minimum absolute atomic E-state index is 1.20. The van der Waals surface area contributed by atoms with Gasteiger partial charge in [0.05, 0.1) is 11.0 Å². The molecule has 0 fully saturated rings. The van der Waals surface area contributed by atoms with Crippen molar-refractivity contribution in [2.24, 2.45) is 0 Å². The SMILES string of the molecule is Cc1c2cc3c([nH]c4ccccc43)c(C)c2cc2c1[nH]c1ccccc12. The van der Waals surface area contributed by atoms with E-state index in [9.17, 15) is 0 Å². The predicted molar refractivity (Wildman–Crippen MR) is 112 cm³/mol. The van der Waals surface area contributed by atoms with E-state index in [1.807, 2.05) is 0 Å². The second-order valence-corrected chi connectivity index (χ2v) is 7.28. The minimum atomic E-state index is 1.20. The summed E-state index contributed by atoms with van der Waals surface area (Å²) in [6, 6.07) is 21.8. The van der Waals surface area contributed by atoms with Gasteiger partial charge in [0.1, 0.15) is 0 Å². The van der Waals surface area contributed by atoms with Crippen molar-refractivity contribution in [1.29, 1.82) is 0 Å². The first-order valence-electron chi connectivity index (χ1n) is 9.06. The summed E-state index contributed by atoms with van der Waals surface area (Å²) < 4.78 is 0. The minimum Gasteiger partial charge on any atom is -0.354 e. The maximum atomic E-state index is 3.63. The number of aromatic amines is 2. The molecule has 0 unspecified atom stereocenters. The van der Waals surface area contributed by atoms with E-state index >= 15 is 0 Å². The highest BCUT2D eigenvalue weighted by Gasteiger charge is 2.15. The molecule has 0 radical (unpaired) electrons. The fourth-order valence-electron chi connectivity index (χ4n) is 4.55. The molecule has 0 bridgehead atoms. The molecule has 6 aromatic rings. The van der Waals surface area contributed by atoms with Gasteiger partial charge >= 0.3 is 0 Å². The molecular weight excluding hydrogens is 316 g/mol. The third-order valence-electron chi connectivity index (χ3n) is 5.92. The molecule has 2 heterocycles. The number of fused-ring (bicyclic) bond motifs is 7. The Kier molecular flexibility index (Phi) is 2.51. The Labute approximate surface area is 150 Å². The number of rotatable bonds is 0. The number of benzene rings is 4. The lowest BCUT2D eigenvalue weighted by atomic mass is 9.95. The van der Waals surface area contributed by atoms with Crippen LogP contribution in [0.4, 0.5) is 0 Å². The first-order valence-corrected chi connectivity index (χ1v) is 9.06. The number of hydrogen-bond donors (Lipinski definition) is 2. The molecule has 0 saturated carbocycles. The van der Waals surface area contributed by atoms with Crippen molar-refractivity contribution < 1.29 is 0 Å². The average Bonchev–Trinajstić information content (AvgIpc) is 3.22. The molecule has 0 saturated heterocycles. The second kappa shape index (κ2) is 4.67. The highest BCUT2D eigenvalue weighted by atomic mass is 14.7. The van der Waals surface area contributed by atoms with Crippen molar-refractivity contribution >= 4 is 54.4 Å². The predicted octanol–water partition coefficient (Wildman–Crippen LogP) is 6.73. The van der Waals surface area contributed by atoms with Crippen molar-refractivity contribution in [3.8, 4) is 0 Å². The first kappa shape index (κ1) is 14.0. The summed E-state index contributed by atoms with van der Waals surface area (Å²) in [5.41, 5.74) is 7.55. The zero-order chi connectivity index (χ0) is 17.4. The van der Waals surface area contributed by atoms with Gasteiger partial charge in [-0.1, -0.05) is 36.4 Å². The smallest absolute Gasteiger partial charge is 0.0501 e. The summed E-state index contributed by atoms with van der Waals surface area (Å²) >= 11 is 0. The third-order valence-corrected chi connectivity index (χ3v) is 5.92. The van der Waals surface area contributed by atoms with Gasteiger partial charge in [-0.2, -0.15) is 0 Å². The third kappa shape index (κ3) is 1.62. The lowest BCUT2D eigenvalue weighted by Crippen LogP contribution is -1.86. The molecule has 2 nitrogen and oxygen atoms in total. The molecule has 0 atom stereocenters. The molecule has 6 rings (SSSR count). The summed E-state index contributed by atoms with van der Waals surface area (Å²) in [6.45, 7) is 4.47. The topological polar surface area (TPSA) is 31.6 Å². The molecule has 26 heavy (non-hydrogen) atoms. The van der Waals surface area contributed by atoms with Crippen LogP contribution in [-0.4, -0.2) is 9.97 Å². The van der Waals surface area contributed by atoms with Gasteiger partial charge in [-0.15, -0.1) is 0 Å². The molecule has 0 amide bonds. The van der Waals surface area contributed by atoms with Crippen molar-refractivity contribution in [1.82, 2.24) is 9.97 Å². The molecule has 2 N–H and O–H groups in total. The Balaban J connectivity index is 1.89. The summed E-state index contributed by atoms with van der Waals surface area (Å²) in [5.74, 6) is 0.